The quantitative estimate of drug-likeness (QED) is 0.0953. The molecule has 0 radical (unpaired) electrons. The zero-order chi connectivity index (χ0) is 38.1. The van der Waals surface area contributed by atoms with Crippen LogP contribution >= 0.6 is 34.8 Å². The fourth-order valence-electron chi connectivity index (χ4n) is 4.75. The fourth-order valence-corrected chi connectivity index (χ4v) is 4.88. The summed E-state index contributed by atoms with van der Waals surface area (Å²) in [6.45, 7) is 5.79. The molecule has 0 bridgehead atoms. The lowest BCUT2D eigenvalue weighted by atomic mass is 9.96. The average Bonchev–Trinajstić information content (AvgIpc) is 2.95. The van der Waals surface area contributed by atoms with Crippen LogP contribution in [0.3, 0.4) is 0 Å². The van der Waals surface area contributed by atoms with Crippen LogP contribution in [0.4, 0.5) is 0 Å². The Kier molecular flexibility index (Phi) is 15.9. The van der Waals surface area contributed by atoms with Crippen molar-refractivity contribution in [2.45, 2.75) is 114 Å². The van der Waals surface area contributed by atoms with Gasteiger partial charge >= 0.3 is 41.8 Å². The summed E-state index contributed by atoms with van der Waals surface area (Å²) in [6.07, 6.45) is -17.0. The Bertz CT molecular complexity index is 1310. The maximum absolute atomic E-state index is 12.4. The molecule has 2 saturated heterocycles. The van der Waals surface area contributed by atoms with Crippen molar-refractivity contribution in [3.05, 3.63) is 0 Å². The van der Waals surface area contributed by atoms with Crippen molar-refractivity contribution in [2.75, 3.05) is 13.2 Å². The van der Waals surface area contributed by atoms with Gasteiger partial charge in [-0.05, 0) is 0 Å². The molecule has 2 heterocycles. The Morgan fingerprint density at radius 3 is 1.24 bits per heavy atom. The smallest absolute Gasteiger partial charge is 0.303 e. The first kappa shape index (κ1) is 42.7. The molecule has 19 nitrogen and oxygen atoms in total. The van der Waals surface area contributed by atoms with Gasteiger partial charge in [-0.1, -0.05) is 34.8 Å². The topological polar surface area (TPSA) is 245 Å². The number of carbonyl (C=O) groups is 7. The standard InChI is InChI=1S/C28H36Cl3NO18/c1-10(33)40-8-17-19(42-12(3)35)21(43-13(4)36)23(45-15(6)38)25(47-17)49-20-18(9-41-11(2)34)48-26(50-27(32)28(29,30)31)24(46-16(7)39)22(20)44-14(5)37/h17-26,32H,8-9H2,1-7H3/t17?,18?,19-,20-,21-,22+,23?,24?,25+,26?/m1/s1. The Morgan fingerprint density at radius 2 is 0.840 bits per heavy atom. The highest BCUT2D eigenvalue weighted by Crippen LogP contribution is 2.37. The van der Waals surface area contributed by atoms with Gasteiger partial charge in [0.05, 0.1) is 0 Å². The van der Waals surface area contributed by atoms with Gasteiger partial charge in [0.1, 0.15) is 31.5 Å². The number of halogens is 3. The first-order valence-corrected chi connectivity index (χ1v) is 15.7. The van der Waals surface area contributed by atoms with E-state index in [1.807, 2.05) is 0 Å². The monoisotopic (exact) mass is 779 g/mol. The molecule has 2 aliphatic rings. The zero-order valence-electron chi connectivity index (χ0n) is 27.7. The van der Waals surface area contributed by atoms with Crippen molar-refractivity contribution in [3.63, 3.8) is 0 Å². The summed E-state index contributed by atoms with van der Waals surface area (Å²) in [5, 5.41) is 8.03. The van der Waals surface area contributed by atoms with Crippen LogP contribution < -0.4 is 0 Å². The minimum atomic E-state index is -2.45. The number of ether oxygens (including phenoxy) is 11. The summed E-state index contributed by atoms with van der Waals surface area (Å²) in [5.41, 5.74) is 0. The van der Waals surface area contributed by atoms with Gasteiger partial charge < -0.3 is 52.1 Å². The van der Waals surface area contributed by atoms with E-state index < -0.39 is 126 Å². The van der Waals surface area contributed by atoms with Crippen molar-refractivity contribution in [1.29, 1.82) is 5.41 Å². The third-order valence-electron chi connectivity index (χ3n) is 6.38. The third-order valence-corrected chi connectivity index (χ3v) is 6.89. The minimum Gasteiger partial charge on any atom is -0.463 e. The molecule has 5 unspecified atom stereocenters. The maximum Gasteiger partial charge on any atom is 0.303 e. The Labute approximate surface area is 300 Å². The third kappa shape index (κ3) is 13.0. The second kappa shape index (κ2) is 18.7. The first-order chi connectivity index (χ1) is 23.1. The Hall–Kier alpha value is -3.49. The lowest BCUT2D eigenvalue weighted by Crippen LogP contribution is -2.67. The molecule has 0 aliphatic carbocycles. The van der Waals surface area contributed by atoms with Crippen LogP contribution in [0.15, 0.2) is 0 Å². The van der Waals surface area contributed by atoms with Crippen molar-refractivity contribution in [1.82, 2.24) is 0 Å². The summed E-state index contributed by atoms with van der Waals surface area (Å²) in [5.74, 6) is -7.37. The largest absolute Gasteiger partial charge is 0.463 e. The number of alkyl halides is 3. The second-order valence-electron chi connectivity index (χ2n) is 10.6. The number of carbonyl (C=O) groups excluding carboxylic acids is 7. The molecule has 10 atom stereocenters. The number of rotatable bonds is 12. The number of hydrogen-bond donors (Lipinski definition) is 1. The van der Waals surface area contributed by atoms with Gasteiger partial charge in [-0.15, -0.1) is 0 Å². The first-order valence-electron chi connectivity index (χ1n) is 14.5. The summed E-state index contributed by atoms with van der Waals surface area (Å²) in [6, 6.07) is 0. The summed E-state index contributed by atoms with van der Waals surface area (Å²) < 4.78 is 58.1. The summed E-state index contributed by atoms with van der Waals surface area (Å²) >= 11 is 17.3. The van der Waals surface area contributed by atoms with Crippen molar-refractivity contribution in [3.8, 4) is 0 Å². The molecule has 0 aromatic heterocycles. The molecule has 22 heteroatoms. The van der Waals surface area contributed by atoms with E-state index in [1.54, 1.807) is 0 Å². The molecule has 2 aliphatic heterocycles. The highest BCUT2D eigenvalue weighted by molar-refractivity contribution is 6.76. The molecule has 2 fully saturated rings. The number of hydrogen-bond acceptors (Lipinski definition) is 19. The van der Waals surface area contributed by atoms with Gasteiger partial charge in [0, 0.05) is 48.5 Å². The van der Waals surface area contributed by atoms with E-state index in [0.29, 0.717) is 0 Å². The van der Waals surface area contributed by atoms with E-state index in [2.05, 4.69) is 0 Å². The molecule has 0 spiro atoms. The summed E-state index contributed by atoms with van der Waals surface area (Å²) in [7, 11) is 0. The summed E-state index contributed by atoms with van der Waals surface area (Å²) in [4.78, 5) is 84.9. The highest BCUT2D eigenvalue weighted by atomic mass is 35.6. The predicted octanol–water partition coefficient (Wildman–Crippen LogP) is 0.970. The Morgan fingerprint density at radius 1 is 0.500 bits per heavy atom. The van der Waals surface area contributed by atoms with Gasteiger partial charge in [0.2, 0.25) is 18.3 Å². The van der Waals surface area contributed by atoms with Crippen LogP contribution in [0.1, 0.15) is 48.5 Å². The van der Waals surface area contributed by atoms with E-state index in [0.717, 1.165) is 48.5 Å². The van der Waals surface area contributed by atoms with E-state index in [4.69, 9.17) is 92.3 Å². The number of nitrogens with one attached hydrogen (secondary N) is 1. The SMILES string of the molecule is CC(=O)OCC1OC(OC(=N)C(Cl)(Cl)Cl)C(OC(C)=O)[C@@H](OC(C)=O)[C@@H]1O[C@@H]1OC(COC(C)=O)[C@@H](OC(C)=O)[C@@H](OC(C)=O)C1OC(C)=O. The molecular weight excluding hydrogens is 745 g/mol. The predicted molar refractivity (Wildman–Crippen MR) is 162 cm³/mol. The lowest BCUT2D eigenvalue weighted by molar-refractivity contribution is -0.355. The molecule has 0 aromatic rings. The van der Waals surface area contributed by atoms with Crippen LogP contribution in [-0.4, -0.2) is 126 Å². The van der Waals surface area contributed by atoms with E-state index in [9.17, 15) is 33.6 Å². The molecule has 1 N–H and O–H groups in total. The molecular formula is C28H36Cl3NO18. The van der Waals surface area contributed by atoms with Gasteiger partial charge in [-0.25, -0.2) is 0 Å². The van der Waals surface area contributed by atoms with Crippen molar-refractivity contribution >= 4 is 82.5 Å². The van der Waals surface area contributed by atoms with Gasteiger partial charge in [0.15, 0.2) is 30.7 Å². The Balaban J connectivity index is 2.77. The van der Waals surface area contributed by atoms with Crippen LogP contribution in [0.25, 0.3) is 0 Å². The second-order valence-corrected chi connectivity index (χ2v) is 12.9. The van der Waals surface area contributed by atoms with E-state index in [-0.39, 0.29) is 0 Å². The van der Waals surface area contributed by atoms with Crippen molar-refractivity contribution in [2.24, 2.45) is 0 Å². The van der Waals surface area contributed by atoms with E-state index in [1.165, 1.54) is 0 Å². The molecule has 0 amide bonds. The normalized spacial score (nSPS) is 29.3. The molecule has 0 saturated carbocycles. The minimum absolute atomic E-state index is 0.617. The van der Waals surface area contributed by atoms with Crippen LogP contribution in [0, 0.1) is 5.41 Å². The zero-order valence-corrected chi connectivity index (χ0v) is 29.9. The maximum atomic E-state index is 12.4. The molecule has 50 heavy (non-hydrogen) atoms. The van der Waals surface area contributed by atoms with Gasteiger partial charge in [0.25, 0.3) is 3.79 Å². The molecule has 2 rings (SSSR count). The van der Waals surface area contributed by atoms with E-state index >= 15 is 0 Å². The lowest BCUT2D eigenvalue weighted by Gasteiger charge is -2.48. The number of esters is 7. The van der Waals surface area contributed by atoms with Gasteiger partial charge in [-0.2, -0.15) is 0 Å². The van der Waals surface area contributed by atoms with Crippen LogP contribution in [0.2, 0.25) is 0 Å². The van der Waals surface area contributed by atoms with Crippen LogP contribution in [0.5, 0.6) is 0 Å². The fraction of sp³-hybridized carbons (Fsp3) is 0.714. The van der Waals surface area contributed by atoms with Crippen molar-refractivity contribution < 1.29 is 85.7 Å². The van der Waals surface area contributed by atoms with Gasteiger partial charge in [-0.3, -0.25) is 39.0 Å². The average molecular weight is 781 g/mol. The molecule has 282 valence electrons. The van der Waals surface area contributed by atoms with Crippen LogP contribution in [-0.2, 0) is 85.7 Å². The molecule has 0 aromatic carbocycles. The highest BCUT2D eigenvalue weighted by Gasteiger charge is 2.58.